The second kappa shape index (κ2) is 18.2. The molecule has 0 radical (unpaired) electrons. The SMILES string of the molecule is CC[C@H](C)C(NC(=O)C(CC(C)C)NC(=O)NCc1ccccc1)C(=O)C(=O)NCC(=O)NC(Cc1ccc2ccccc2c1)C(N)=O. The number of hydrogen-bond acceptors (Lipinski definition) is 6. The molecule has 48 heavy (non-hydrogen) atoms. The zero-order valence-electron chi connectivity index (χ0n) is 27.9. The number of rotatable bonds is 17. The van der Waals surface area contributed by atoms with Crippen LogP contribution in [-0.2, 0) is 36.9 Å². The normalized spacial score (nSPS) is 13.4. The summed E-state index contributed by atoms with van der Waals surface area (Å²) in [5.41, 5.74) is 7.21. The molecule has 256 valence electrons. The fraction of sp³-hybridized carbons (Fsp3) is 0.389. The van der Waals surface area contributed by atoms with Crippen molar-refractivity contribution in [2.24, 2.45) is 17.6 Å². The van der Waals surface area contributed by atoms with E-state index in [-0.39, 0.29) is 18.9 Å². The number of hydrogen-bond donors (Lipinski definition) is 6. The van der Waals surface area contributed by atoms with Gasteiger partial charge < -0.3 is 32.3 Å². The number of carbonyl (C=O) groups is 6. The van der Waals surface area contributed by atoms with Crippen molar-refractivity contribution < 1.29 is 28.8 Å². The molecule has 0 bridgehead atoms. The second-order valence-electron chi connectivity index (χ2n) is 12.3. The van der Waals surface area contributed by atoms with Gasteiger partial charge in [-0.15, -0.1) is 0 Å². The van der Waals surface area contributed by atoms with E-state index in [2.05, 4.69) is 26.6 Å². The Bertz CT molecular complexity index is 1590. The van der Waals surface area contributed by atoms with E-state index in [0.29, 0.717) is 12.8 Å². The predicted octanol–water partition coefficient (Wildman–Crippen LogP) is 2.48. The number of benzene rings is 3. The molecule has 7 N–H and O–H groups in total. The molecule has 0 fully saturated rings. The fourth-order valence-electron chi connectivity index (χ4n) is 5.10. The maximum absolute atomic E-state index is 13.4. The van der Waals surface area contributed by atoms with Gasteiger partial charge >= 0.3 is 6.03 Å². The van der Waals surface area contributed by atoms with Gasteiger partial charge in [0, 0.05) is 13.0 Å². The van der Waals surface area contributed by atoms with E-state index >= 15 is 0 Å². The molecule has 0 aliphatic heterocycles. The van der Waals surface area contributed by atoms with Crippen LogP contribution in [0.1, 0.15) is 51.7 Å². The molecule has 3 unspecified atom stereocenters. The van der Waals surface area contributed by atoms with Crippen molar-refractivity contribution in [1.29, 1.82) is 0 Å². The quantitative estimate of drug-likeness (QED) is 0.121. The average molecular weight is 659 g/mol. The van der Waals surface area contributed by atoms with Gasteiger partial charge in [0.15, 0.2) is 0 Å². The van der Waals surface area contributed by atoms with Crippen molar-refractivity contribution in [2.75, 3.05) is 6.54 Å². The van der Waals surface area contributed by atoms with Crippen molar-refractivity contribution in [1.82, 2.24) is 26.6 Å². The monoisotopic (exact) mass is 658 g/mol. The highest BCUT2D eigenvalue weighted by molar-refractivity contribution is 6.38. The van der Waals surface area contributed by atoms with Gasteiger partial charge in [-0.05, 0) is 40.2 Å². The smallest absolute Gasteiger partial charge is 0.315 e. The first-order valence-corrected chi connectivity index (χ1v) is 16.1. The summed E-state index contributed by atoms with van der Waals surface area (Å²) in [5.74, 6) is -4.50. The maximum atomic E-state index is 13.4. The number of urea groups is 1. The molecule has 0 saturated carbocycles. The predicted molar refractivity (Wildman–Crippen MR) is 183 cm³/mol. The second-order valence-corrected chi connectivity index (χ2v) is 12.3. The standard InChI is InChI=1S/C36H46N6O6/c1-5-23(4)31(42-34(46)29(17-22(2)3)41-36(48)39-20-24-11-7-6-8-12-24)32(44)35(47)38-21-30(43)40-28(33(37)45)19-25-15-16-26-13-9-10-14-27(26)18-25/h6-16,18,22-23,28-29,31H,5,17,19-21H2,1-4H3,(H2,37,45)(H,38,47)(H,40,43)(H,42,46)(H2,39,41,48)/t23-,28?,29?,31?/m0/s1. The lowest BCUT2D eigenvalue weighted by Gasteiger charge is -2.26. The molecule has 0 saturated heterocycles. The molecule has 3 rings (SSSR count). The first-order valence-electron chi connectivity index (χ1n) is 16.1. The summed E-state index contributed by atoms with van der Waals surface area (Å²) >= 11 is 0. The van der Waals surface area contributed by atoms with Crippen LogP contribution in [0.4, 0.5) is 4.79 Å². The highest BCUT2D eigenvalue weighted by atomic mass is 16.2. The summed E-state index contributed by atoms with van der Waals surface area (Å²) in [6.07, 6.45) is 0.884. The minimum Gasteiger partial charge on any atom is -0.368 e. The zero-order chi connectivity index (χ0) is 35.2. The van der Waals surface area contributed by atoms with Crippen LogP contribution >= 0.6 is 0 Å². The number of ketones is 1. The summed E-state index contributed by atoms with van der Waals surface area (Å²) in [7, 11) is 0. The van der Waals surface area contributed by atoms with Gasteiger partial charge in [0.2, 0.25) is 23.5 Å². The fourth-order valence-corrected chi connectivity index (χ4v) is 5.10. The van der Waals surface area contributed by atoms with Crippen LogP contribution in [0.15, 0.2) is 72.8 Å². The minimum atomic E-state index is -1.21. The Labute approximate surface area is 281 Å². The minimum absolute atomic E-state index is 0.0280. The molecule has 6 amide bonds. The van der Waals surface area contributed by atoms with Gasteiger partial charge in [-0.25, -0.2) is 4.79 Å². The molecule has 3 aromatic rings. The van der Waals surface area contributed by atoms with E-state index < -0.39 is 66.0 Å². The highest BCUT2D eigenvalue weighted by Gasteiger charge is 2.33. The molecule has 0 spiro atoms. The van der Waals surface area contributed by atoms with Crippen LogP contribution in [-0.4, -0.2) is 60.1 Å². The van der Waals surface area contributed by atoms with Crippen molar-refractivity contribution in [3.63, 3.8) is 0 Å². The number of amides is 6. The molecular weight excluding hydrogens is 612 g/mol. The van der Waals surface area contributed by atoms with E-state index in [1.807, 2.05) is 93.6 Å². The van der Waals surface area contributed by atoms with E-state index in [4.69, 9.17) is 5.73 Å². The van der Waals surface area contributed by atoms with Gasteiger partial charge in [0.1, 0.15) is 12.1 Å². The van der Waals surface area contributed by atoms with Crippen LogP contribution in [0.3, 0.4) is 0 Å². The Hall–Kier alpha value is -5.26. The van der Waals surface area contributed by atoms with Crippen molar-refractivity contribution in [2.45, 2.75) is 71.6 Å². The lowest BCUT2D eigenvalue weighted by atomic mass is 9.94. The molecule has 12 nitrogen and oxygen atoms in total. The first-order chi connectivity index (χ1) is 22.9. The molecule has 0 aliphatic rings. The van der Waals surface area contributed by atoms with Crippen LogP contribution in [0.25, 0.3) is 10.8 Å². The molecule has 0 aromatic heterocycles. The number of nitrogens with one attached hydrogen (secondary N) is 5. The Balaban J connectivity index is 1.59. The van der Waals surface area contributed by atoms with Crippen molar-refractivity contribution >= 4 is 46.2 Å². The number of Topliss-reactive ketones (excluding diaryl/α,β-unsaturated/α-hetero) is 1. The third kappa shape index (κ3) is 11.5. The van der Waals surface area contributed by atoms with Gasteiger partial charge in [-0.2, -0.15) is 0 Å². The summed E-state index contributed by atoms with van der Waals surface area (Å²) in [6.45, 7) is 6.97. The van der Waals surface area contributed by atoms with Gasteiger partial charge in [-0.3, -0.25) is 24.0 Å². The van der Waals surface area contributed by atoms with Gasteiger partial charge in [0.05, 0.1) is 12.6 Å². The molecule has 0 heterocycles. The van der Waals surface area contributed by atoms with Crippen LogP contribution in [0, 0.1) is 11.8 Å². The molecule has 12 heteroatoms. The van der Waals surface area contributed by atoms with E-state index in [0.717, 1.165) is 21.9 Å². The van der Waals surface area contributed by atoms with E-state index in [9.17, 15) is 28.8 Å². The highest BCUT2D eigenvalue weighted by Crippen LogP contribution is 2.17. The summed E-state index contributed by atoms with van der Waals surface area (Å²) in [6, 6.07) is 18.9. The Morgan fingerprint density at radius 1 is 0.729 bits per heavy atom. The maximum Gasteiger partial charge on any atom is 0.315 e. The van der Waals surface area contributed by atoms with Crippen molar-refractivity contribution in [3.8, 4) is 0 Å². The van der Waals surface area contributed by atoms with Crippen LogP contribution in [0.5, 0.6) is 0 Å². The van der Waals surface area contributed by atoms with E-state index in [1.54, 1.807) is 6.92 Å². The first kappa shape index (κ1) is 37.2. The largest absolute Gasteiger partial charge is 0.368 e. The van der Waals surface area contributed by atoms with Gasteiger partial charge in [0.25, 0.3) is 5.91 Å². The number of nitrogens with two attached hydrogens (primary N) is 1. The topological polar surface area (TPSA) is 189 Å². The van der Waals surface area contributed by atoms with Crippen LogP contribution < -0.4 is 32.3 Å². The third-order valence-electron chi connectivity index (χ3n) is 7.98. The number of fused-ring (bicyclic) bond motifs is 1. The summed E-state index contributed by atoms with van der Waals surface area (Å²) in [4.78, 5) is 77.0. The molecule has 4 atom stereocenters. The average Bonchev–Trinajstić information content (AvgIpc) is 3.07. The molecule has 0 aliphatic carbocycles. The zero-order valence-corrected chi connectivity index (χ0v) is 27.9. The Morgan fingerprint density at radius 2 is 1.40 bits per heavy atom. The number of carbonyl (C=O) groups excluding carboxylic acids is 6. The van der Waals surface area contributed by atoms with Gasteiger partial charge in [-0.1, -0.05) is 107 Å². The third-order valence-corrected chi connectivity index (χ3v) is 7.98. The van der Waals surface area contributed by atoms with E-state index in [1.165, 1.54) is 0 Å². The van der Waals surface area contributed by atoms with Crippen molar-refractivity contribution in [3.05, 3.63) is 83.9 Å². The van der Waals surface area contributed by atoms with Crippen LogP contribution in [0.2, 0.25) is 0 Å². The lowest BCUT2D eigenvalue weighted by molar-refractivity contribution is -0.141. The lowest BCUT2D eigenvalue weighted by Crippen LogP contribution is -2.57. The Morgan fingerprint density at radius 3 is 2.04 bits per heavy atom. The molecular formula is C36H46N6O6. The summed E-state index contributed by atoms with van der Waals surface area (Å²) < 4.78 is 0. The molecule has 3 aromatic carbocycles. The number of primary amides is 1. The Kier molecular flexibility index (Phi) is 14.1. The summed E-state index contributed by atoms with van der Waals surface area (Å²) in [5, 5.41) is 14.9.